The molecule has 0 unspecified atom stereocenters. The first-order valence-electron chi connectivity index (χ1n) is 4.87. The molecule has 0 atom stereocenters. The Hall–Kier alpha value is 0.190. The van der Waals surface area contributed by atoms with E-state index in [-0.39, 0.29) is 0 Å². The molecular weight excluding hydrogens is 369 g/mol. The van der Waals surface area contributed by atoms with Crippen molar-refractivity contribution in [3.8, 4) is 5.75 Å². The van der Waals surface area contributed by atoms with Gasteiger partial charge in [0.15, 0.2) is 5.75 Å². The summed E-state index contributed by atoms with van der Waals surface area (Å²) >= 11 is 17.1. The van der Waals surface area contributed by atoms with Crippen LogP contribution in [0.4, 0.5) is 0 Å². The largest absolute Gasteiger partial charge is 0.692 e. The first-order chi connectivity index (χ1) is 9.15. The molecule has 1 rings (SSSR count). The van der Waals surface area contributed by atoms with Crippen molar-refractivity contribution in [1.29, 1.82) is 0 Å². The SMILES string of the molecule is COP(=S)(OC)Oc1c(Cl)cc(C)cc1Cl.O=[P+](O)O. The molecule has 0 saturated heterocycles. The van der Waals surface area contributed by atoms with Crippen LogP contribution in [0, 0.1) is 6.92 Å². The Morgan fingerprint density at radius 3 is 1.85 bits per heavy atom. The van der Waals surface area contributed by atoms with Gasteiger partial charge in [0.1, 0.15) is 0 Å². The summed E-state index contributed by atoms with van der Waals surface area (Å²) in [5.74, 6) is 0.293. The second kappa shape index (κ2) is 9.26. The van der Waals surface area contributed by atoms with Gasteiger partial charge in [0.2, 0.25) is 0 Å². The van der Waals surface area contributed by atoms with E-state index in [4.69, 9.17) is 62.9 Å². The Kier molecular flexibility index (Phi) is 9.34. The molecule has 114 valence electrons. The molecule has 0 amide bonds. The molecule has 0 fully saturated rings. The molecule has 0 aliphatic rings. The highest BCUT2D eigenvalue weighted by Crippen LogP contribution is 2.51. The van der Waals surface area contributed by atoms with Crippen molar-refractivity contribution < 1.29 is 27.9 Å². The lowest BCUT2D eigenvalue weighted by atomic mass is 10.2. The van der Waals surface area contributed by atoms with Gasteiger partial charge >= 0.3 is 15.0 Å². The van der Waals surface area contributed by atoms with Crippen molar-refractivity contribution in [2.45, 2.75) is 6.92 Å². The topological polar surface area (TPSA) is 85.2 Å². The summed E-state index contributed by atoms with van der Waals surface area (Å²) in [6, 6.07) is 3.46. The molecule has 6 nitrogen and oxygen atoms in total. The first kappa shape index (κ1) is 20.2. The minimum atomic E-state index is -2.87. The molecule has 0 bridgehead atoms. The Bertz CT molecular complexity index is 492. The van der Waals surface area contributed by atoms with Crippen molar-refractivity contribution in [3.05, 3.63) is 27.7 Å². The number of benzene rings is 1. The fourth-order valence-corrected chi connectivity index (χ4v) is 2.76. The molecule has 0 heterocycles. The average molecular weight is 382 g/mol. The third-order valence-electron chi connectivity index (χ3n) is 1.79. The van der Waals surface area contributed by atoms with Crippen molar-refractivity contribution in [1.82, 2.24) is 0 Å². The van der Waals surface area contributed by atoms with E-state index in [9.17, 15) is 0 Å². The van der Waals surface area contributed by atoms with Crippen LogP contribution >= 0.6 is 38.2 Å². The zero-order chi connectivity index (χ0) is 15.9. The van der Waals surface area contributed by atoms with Crippen molar-refractivity contribution in [3.63, 3.8) is 0 Å². The van der Waals surface area contributed by atoms with Crippen LogP contribution in [0.15, 0.2) is 12.1 Å². The molecule has 0 saturated carbocycles. The maximum absolute atomic E-state index is 8.70. The van der Waals surface area contributed by atoms with Crippen molar-refractivity contribution >= 4 is 50.0 Å². The minimum absolute atomic E-state index is 0.293. The summed E-state index contributed by atoms with van der Waals surface area (Å²) in [5, 5.41) is 0.765. The molecule has 20 heavy (non-hydrogen) atoms. The zero-order valence-electron chi connectivity index (χ0n) is 10.7. The van der Waals surface area contributed by atoms with E-state index in [1.165, 1.54) is 14.2 Å². The summed E-state index contributed by atoms with van der Waals surface area (Å²) in [7, 11) is -0.0365. The van der Waals surface area contributed by atoms with E-state index in [1.807, 2.05) is 6.92 Å². The van der Waals surface area contributed by atoms with Gasteiger partial charge in [-0.2, -0.15) is 0 Å². The summed E-state index contributed by atoms with van der Waals surface area (Å²) in [6.07, 6.45) is 0. The van der Waals surface area contributed by atoms with Gasteiger partial charge in [-0.1, -0.05) is 23.2 Å². The molecular formula is C9H13Cl2O6P2S+. The van der Waals surface area contributed by atoms with Crippen LogP contribution in [0.25, 0.3) is 0 Å². The highest BCUT2D eigenvalue weighted by atomic mass is 35.5. The maximum Gasteiger partial charge on any atom is 0.692 e. The highest BCUT2D eigenvalue weighted by molar-refractivity contribution is 8.07. The Balaban J connectivity index is 0.000000796. The molecule has 1 aromatic rings. The van der Waals surface area contributed by atoms with Gasteiger partial charge in [0.05, 0.1) is 10.0 Å². The number of aryl methyl sites for hydroxylation is 1. The molecule has 0 radical (unpaired) electrons. The quantitative estimate of drug-likeness (QED) is 0.766. The van der Waals surface area contributed by atoms with Crippen LogP contribution < -0.4 is 4.52 Å². The zero-order valence-corrected chi connectivity index (χ0v) is 14.9. The van der Waals surface area contributed by atoms with Crippen LogP contribution in [0.5, 0.6) is 5.75 Å². The Labute approximate surface area is 132 Å². The number of halogens is 2. The molecule has 1 aromatic carbocycles. The second-order valence-corrected chi connectivity index (χ2v) is 7.68. The van der Waals surface area contributed by atoms with Crippen LogP contribution in [-0.4, -0.2) is 24.0 Å². The normalized spacial score (nSPS) is 10.6. The molecule has 11 heteroatoms. The predicted octanol–water partition coefficient (Wildman–Crippen LogP) is 3.83. The molecule has 0 spiro atoms. The Morgan fingerprint density at radius 1 is 1.20 bits per heavy atom. The summed E-state index contributed by atoms with van der Waals surface area (Å²) in [6.45, 7) is -0.928. The minimum Gasteiger partial charge on any atom is -0.421 e. The second-order valence-electron chi connectivity index (χ2n) is 3.21. The molecule has 2 N–H and O–H groups in total. The lowest BCUT2D eigenvalue weighted by molar-refractivity contribution is 0.273. The van der Waals surface area contributed by atoms with Gasteiger partial charge in [-0.15, -0.1) is 9.79 Å². The van der Waals surface area contributed by atoms with E-state index in [2.05, 4.69) is 0 Å². The van der Waals surface area contributed by atoms with E-state index in [0.29, 0.717) is 15.8 Å². The summed E-state index contributed by atoms with van der Waals surface area (Å²) < 4.78 is 24.1. The van der Waals surface area contributed by atoms with Crippen molar-refractivity contribution in [2.24, 2.45) is 0 Å². The van der Waals surface area contributed by atoms with Crippen molar-refractivity contribution in [2.75, 3.05) is 14.2 Å². The van der Waals surface area contributed by atoms with Crippen LogP contribution in [0.2, 0.25) is 10.0 Å². The fourth-order valence-electron chi connectivity index (χ4n) is 1.03. The molecule has 0 aromatic heterocycles. The van der Waals surface area contributed by atoms with Crippen LogP contribution in [0.1, 0.15) is 5.56 Å². The average Bonchev–Trinajstić information content (AvgIpc) is 2.33. The van der Waals surface area contributed by atoms with Gasteiger partial charge in [0, 0.05) is 30.6 Å². The third kappa shape index (κ3) is 7.27. The van der Waals surface area contributed by atoms with Gasteiger partial charge in [0.25, 0.3) is 0 Å². The monoisotopic (exact) mass is 381 g/mol. The van der Waals surface area contributed by atoms with Gasteiger partial charge < -0.3 is 13.6 Å². The summed E-state index contributed by atoms with van der Waals surface area (Å²) in [4.78, 5) is 14.2. The molecule has 0 aliphatic carbocycles. The number of hydrogen-bond donors (Lipinski definition) is 2. The van der Waals surface area contributed by atoms with E-state index in [0.717, 1.165) is 5.56 Å². The lowest BCUT2D eigenvalue weighted by Gasteiger charge is -2.19. The Morgan fingerprint density at radius 2 is 1.55 bits per heavy atom. The van der Waals surface area contributed by atoms with E-state index in [1.54, 1.807) is 12.1 Å². The fraction of sp³-hybridized carbons (Fsp3) is 0.333. The van der Waals surface area contributed by atoms with E-state index < -0.39 is 15.0 Å². The van der Waals surface area contributed by atoms with Gasteiger partial charge in [-0.3, -0.25) is 0 Å². The van der Waals surface area contributed by atoms with Gasteiger partial charge in [-0.25, -0.2) is 0 Å². The summed E-state index contributed by atoms with van der Waals surface area (Å²) in [5.41, 5.74) is 0.936. The lowest BCUT2D eigenvalue weighted by Crippen LogP contribution is -1.98. The maximum atomic E-state index is 8.70. The third-order valence-corrected chi connectivity index (χ3v) is 4.77. The van der Waals surface area contributed by atoms with E-state index >= 15 is 0 Å². The first-order valence-corrected chi connectivity index (χ1v) is 9.34. The predicted molar refractivity (Wildman–Crippen MR) is 82.2 cm³/mol. The van der Waals surface area contributed by atoms with Crippen LogP contribution in [0.3, 0.4) is 0 Å². The van der Waals surface area contributed by atoms with Crippen LogP contribution in [-0.2, 0) is 25.4 Å². The standard InChI is InChI=1S/C9H11Cl2O3PS.HO3P/c1-6-4-7(10)9(8(11)5-6)14-15(16,12-2)13-3;1-4(2)3/h4-5H,1-3H3;(H-,1,2,3)/p+1. The van der Waals surface area contributed by atoms with Gasteiger partial charge in [-0.05, 0) is 24.6 Å². The highest BCUT2D eigenvalue weighted by Gasteiger charge is 2.22. The number of hydrogen-bond acceptors (Lipinski definition) is 5. The molecule has 0 aliphatic heterocycles. The number of rotatable bonds is 4. The smallest absolute Gasteiger partial charge is 0.421 e.